The van der Waals surface area contributed by atoms with Crippen LogP contribution in [0.3, 0.4) is 0 Å². The largest absolute Gasteiger partial charge is 0.481 e. The Morgan fingerprint density at radius 2 is 1.94 bits per heavy atom. The van der Waals surface area contributed by atoms with Crippen LogP contribution in [0.4, 0.5) is 5.95 Å². The third-order valence-electron chi connectivity index (χ3n) is 2.34. The highest BCUT2D eigenvalue weighted by atomic mass is 16.5. The van der Waals surface area contributed by atoms with Gasteiger partial charge in [-0.3, -0.25) is 4.79 Å². The molecular weight excluding hydrogens is 238 g/mol. The molecule has 0 fully saturated rings. The van der Waals surface area contributed by atoms with Crippen molar-refractivity contribution in [1.82, 2.24) is 9.97 Å². The van der Waals surface area contributed by atoms with Gasteiger partial charge in [0.25, 0.3) is 0 Å². The van der Waals surface area contributed by atoms with Gasteiger partial charge in [0, 0.05) is 6.04 Å². The van der Waals surface area contributed by atoms with Gasteiger partial charge in [-0.2, -0.15) is 9.97 Å². The highest BCUT2D eigenvalue weighted by Gasteiger charge is 2.13. The Kier molecular flexibility index (Phi) is 5.16. The number of hydrogen-bond acceptors (Lipinski definition) is 6. The Balaban J connectivity index is 2.84. The van der Waals surface area contributed by atoms with Crippen LogP contribution in [0.5, 0.6) is 11.8 Å². The second kappa shape index (κ2) is 6.63. The summed E-state index contributed by atoms with van der Waals surface area (Å²) in [6.07, 6.45) is 0.647. The van der Waals surface area contributed by atoms with Crippen LogP contribution in [0.1, 0.15) is 19.8 Å². The monoisotopic (exact) mass is 255 g/mol. The molecule has 0 aliphatic rings. The number of anilines is 1. The summed E-state index contributed by atoms with van der Waals surface area (Å²) < 4.78 is 10.0. The minimum Gasteiger partial charge on any atom is -0.481 e. The molecule has 100 valence electrons. The molecule has 0 amide bonds. The summed E-state index contributed by atoms with van der Waals surface area (Å²) >= 11 is 0. The minimum atomic E-state index is -0.871. The lowest BCUT2D eigenvalue weighted by Crippen LogP contribution is -2.23. The van der Waals surface area contributed by atoms with Gasteiger partial charge in [-0.05, 0) is 6.42 Å². The molecule has 0 saturated heterocycles. The molecule has 0 spiro atoms. The molecular formula is C11H17N3O4. The first-order valence-electron chi connectivity index (χ1n) is 5.54. The maximum Gasteiger partial charge on any atom is 0.305 e. The SMILES string of the molecule is CCC(CC(=O)O)Nc1nc(OC)cc(OC)n1. The van der Waals surface area contributed by atoms with Gasteiger partial charge < -0.3 is 19.9 Å². The van der Waals surface area contributed by atoms with Crippen LogP contribution in [0.25, 0.3) is 0 Å². The Bertz CT molecular complexity index is 389. The maximum absolute atomic E-state index is 10.7. The van der Waals surface area contributed by atoms with E-state index in [4.69, 9.17) is 14.6 Å². The van der Waals surface area contributed by atoms with Crippen LogP contribution in [-0.2, 0) is 4.79 Å². The van der Waals surface area contributed by atoms with Crippen molar-refractivity contribution in [1.29, 1.82) is 0 Å². The smallest absolute Gasteiger partial charge is 0.305 e. The number of aliphatic carboxylic acids is 1. The summed E-state index contributed by atoms with van der Waals surface area (Å²) in [7, 11) is 2.97. The van der Waals surface area contributed by atoms with Crippen molar-refractivity contribution in [3.63, 3.8) is 0 Å². The van der Waals surface area contributed by atoms with E-state index in [2.05, 4.69) is 15.3 Å². The van der Waals surface area contributed by atoms with Gasteiger partial charge in [0.1, 0.15) is 0 Å². The molecule has 7 nitrogen and oxygen atoms in total. The number of nitrogens with zero attached hydrogens (tertiary/aromatic N) is 2. The topological polar surface area (TPSA) is 93.6 Å². The average molecular weight is 255 g/mol. The zero-order valence-electron chi connectivity index (χ0n) is 10.6. The van der Waals surface area contributed by atoms with Crippen molar-refractivity contribution >= 4 is 11.9 Å². The predicted molar refractivity (Wildman–Crippen MR) is 65.1 cm³/mol. The van der Waals surface area contributed by atoms with Crippen molar-refractivity contribution in [3.05, 3.63) is 6.07 Å². The van der Waals surface area contributed by atoms with Crippen molar-refractivity contribution in [2.75, 3.05) is 19.5 Å². The zero-order valence-corrected chi connectivity index (χ0v) is 10.6. The average Bonchev–Trinajstić information content (AvgIpc) is 2.36. The lowest BCUT2D eigenvalue weighted by Gasteiger charge is -2.15. The van der Waals surface area contributed by atoms with E-state index < -0.39 is 5.97 Å². The van der Waals surface area contributed by atoms with E-state index in [0.29, 0.717) is 24.1 Å². The van der Waals surface area contributed by atoms with Crippen LogP contribution >= 0.6 is 0 Å². The van der Waals surface area contributed by atoms with Gasteiger partial charge in [-0.1, -0.05) is 6.92 Å². The molecule has 1 heterocycles. The fraction of sp³-hybridized carbons (Fsp3) is 0.545. The fourth-order valence-electron chi connectivity index (χ4n) is 1.37. The molecule has 0 aliphatic carbocycles. The Morgan fingerprint density at radius 3 is 2.33 bits per heavy atom. The molecule has 7 heteroatoms. The van der Waals surface area contributed by atoms with E-state index in [1.54, 1.807) is 6.07 Å². The minimum absolute atomic E-state index is 0.000610. The second-order valence-corrected chi connectivity index (χ2v) is 3.62. The summed E-state index contributed by atoms with van der Waals surface area (Å²) in [5.41, 5.74) is 0. The van der Waals surface area contributed by atoms with E-state index in [-0.39, 0.29) is 12.5 Å². The van der Waals surface area contributed by atoms with Gasteiger partial charge in [0.15, 0.2) is 0 Å². The predicted octanol–water partition coefficient (Wildman–Crippen LogP) is 1.16. The van der Waals surface area contributed by atoms with Crippen LogP contribution in [-0.4, -0.2) is 41.3 Å². The summed E-state index contributed by atoms with van der Waals surface area (Å²) in [6.45, 7) is 1.89. The normalized spacial score (nSPS) is 11.7. The zero-order chi connectivity index (χ0) is 13.5. The van der Waals surface area contributed by atoms with Crippen molar-refractivity contribution in [2.24, 2.45) is 0 Å². The van der Waals surface area contributed by atoms with E-state index in [0.717, 1.165) is 0 Å². The molecule has 18 heavy (non-hydrogen) atoms. The number of ether oxygens (including phenoxy) is 2. The second-order valence-electron chi connectivity index (χ2n) is 3.62. The first kappa shape index (κ1) is 14.0. The molecule has 0 radical (unpaired) electrons. The fourth-order valence-corrected chi connectivity index (χ4v) is 1.37. The van der Waals surface area contributed by atoms with Crippen LogP contribution in [0.15, 0.2) is 6.07 Å². The number of methoxy groups -OCH3 is 2. The molecule has 2 N–H and O–H groups in total. The number of hydrogen-bond donors (Lipinski definition) is 2. The summed E-state index contributed by atoms with van der Waals surface area (Å²) in [5, 5.41) is 11.7. The Hall–Kier alpha value is -2.05. The lowest BCUT2D eigenvalue weighted by molar-refractivity contribution is -0.137. The summed E-state index contributed by atoms with van der Waals surface area (Å²) in [6, 6.07) is 1.31. The first-order chi connectivity index (χ1) is 8.58. The molecule has 1 rings (SSSR count). The van der Waals surface area contributed by atoms with Crippen LogP contribution < -0.4 is 14.8 Å². The third kappa shape index (κ3) is 4.08. The van der Waals surface area contributed by atoms with E-state index in [9.17, 15) is 4.79 Å². The number of nitrogens with one attached hydrogen (secondary N) is 1. The Morgan fingerprint density at radius 1 is 1.39 bits per heavy atom. The van der Waals surface area contributed by atoms with Crippen LogP contribution in [0, 0.1) is 0 Å². The lowest BCUT2D eigenvalue weighted by atomic mass is 10.1. The molecule has 0 saturated carbocycles. The molecule has 1 atom stereocenters. The van der Waals surface area contributed by atoms with Gasteiger partial charge >= 0.3 is 5.97 Å². The van der Waals surface area contributed by atoms with E-state index in [1.807, 2.05) is 6.92 Å². The molecule has 1 unspecified atom stereocenters. The standard InChI is InChI=1S/C11H17N3O4/c1-4-7(5-10(15)16)12-11-13-8(17-2)6-9(14-11)18-3/h6-7H,4-5H2,1-3H3,(H,15,16)(H,12,13,14). The Labute approximate surface area is 105 Å². The summed E-state index contributed by atoms with van der Waals surface area (Å²) in [5.74, 6) is 0.132. The maximum atomic E-state index is 10.7. The molecule has 0 bridgehead atoms. The van der Waals surface area contributed by atoms with Gasteiger partial charge in [0.2, 0.25) is 17.7 Å². The van der Waals surface area contributed by atoms with Gasteiger partial charge in [0.05, 0.1) is 26.7 Å². The highest BCUT2D eigenvalue weighted by Crippen LogP contribution is 2.18. The highest BCUT2D eigenvalue weighted by molar-refractivity contribution is 5.68. The number of aromatic nitrogens is 2. The van der Waals surface area contributed by atoms with E-state index >= 15 is 0 Å². The van der Waals surface area contributed by atoms with Gasteiger partial charge in [-0.25, -0.2) is 0 Å². The van der Waals surface area contributed by atoms with Gasteiger partial charge in [-0.15, -0.1) is 0 Å². The van der Waals surface area contributed by atoms with Crippen molar-refractivity contribution < 1.29 is 19.4 Å². The van der Waals surface area contributed by atoms with Crippen molar-refractivity contribution in [2.45, 2.75) is 25.8 Å². The summed E-state index contributed by atoms with van der Waals surface area (Å²) in [4.78, 5) is 18.8. The number of carboxylic acids is 1. The molecule has 1 aromatic heterocycles. The quantitative estimate of drug-likeness (QED) is 0.755. The third-order valence-corrected chi connectivity index (χ3v) is 2.34. The number of carboxylic acid groups (broad SMARTS) is 1. The van der Waals surface area contributed by atoms with Crippen LogP contribution in [0.2, 0.25) is 0 Å². The molecule has 0 aromatic carbocycles. The molecule has 1 aromatic rings. The first-order valence-corrected chi connectivity index (χ1v) is 5.54. The molecule has 0 aliphatic heterocycles. The van der Waals surface area contributed by atoms with E-state index in [1.165, 1.54) is 14.2 Å². The number of carbonyl (C=O) groups is 1. The van der Waals surface area contributed by atoms with Crippen molar-refractivity contribution in [3.8, 4) is 11.8 Å². The number of rotatable bonds is 7.